The molecule has 6 aromatic rings. The van der Waals surface area contributed by atoms with Gasteiger partial charge < -0.3 is 61.4 Å². The molecule has 0 saturated carbocycles. The smallest absolute Gasteiger partial charge is 0.336 e. The van der Waals surface area contributed by atoms with Crippen LogP contribution in [-0.2, 0) is 19.2 Å². The van der Waals surface area contributed by atoms with Crippen molar-refractivity contribution < 1.29 is 88.1 Å². The van der Waals surface area contributed by atoms with Gasteiger partial charge in [-0.05, 0) is 109 Å². The first-order chi connectivity index (χ1) is 37.8. The summed E-state index contributed by atoms with van der Waals surface area (Å²) in [6.07, 6.45) is 5.58. The Morgan fingerprint density at radius 1 is 0.463 bits per heavy atom. The van der Waals surface area contributed by atoms with E-state index in [0.29, 0.717) is 16.8 Å². The molecule has 6 aromatic carbocycles. The lowest BCUT2D eigenvalue weighted by molar-refractivity contribution is -0.131. The molecule has 6 rings (SSSR count). The van der Waals surface area contributed by atoms with Crippen molar-refractivity contribution in [1.29, 1.82) is 0 Å². The molecule has 4 amide bonds. The van der Waals surface area contributed by atoms with E-state index in [9.17, 15) is 63.3 Å². The highest BCUT2D eigenvalue weighted by molar-refractivity contribution is 6.14. The molecule has 0 bridgehead atoms. The van der Waals surface area contributed by atoms with Crippen LogP contribution in [0.4, 0.5) is 11.4 Å². The summed E-state index contributed by atoms with van der Waals surface area (Å²) in [5.41, 5.74) is 1.37. The molecule has 0 unspecified atom stereocenters. The number of aromatic hydroxyl groups is 1. The number of carbonyl (C=O) groups is 10. The van der Waals surface area contributed by atoms with Crippen LogP contribution in [-0.4, -0.2) is 100 Å². The number of nitrogens with one attached hydrogen (secondary N) is 4. The number of amides is 4. The van der Waals surface area contributed by atoms with E-state index in [1.54, 1.807) is 26.0 Å². The maximum Gasteiger partial charge on any atom is 0.336 e. The molecule has 22 nitrogen and oxygen atoms in total. The van der Waals surface area contributed by atoms with E-state index in [2.05, 4.69) is 21.3 Å². The van der Waals surface area contributed by atoms with E-state index in [4.69, 9.17) is 19.3 Å². The predicted octanol–water partition coefficient (Wildman–Crippen LogP) is 8.02. The topological polar surface area (TPSA) is 359 Å². The summed E-state index contributed by atoms with van der Waals surface area (Å²) in [6, 6.07) is 31.2. The van der Waals surface area contributed by atoms with Crippen LogP contribution in [0, 0.1) is 13.8 Å². The number of ether oxygens (including phenoxy) is 3. The first-order valence-corrected chi connectivity index (χ1v) is 23.7. The standard InChI is InChI=1S/C27H22N2O8.C18H16N2O7.C9H8O2.2C2H6.H2O/c1-16-12-18(9-10-22(16)37-24(31)11-8-17-6-4-3-5-7-17)29-26(33)19-14-23(36-15-30)21(25(32)28-2)13-20(19)27(34)35;1-9-5-10(3-4-14(9)22)20-17(24)11-7-15(27-8-21)13(16(23)19-2)6-12(11)18(25)26;10-9(11)7-6-8-4-2-1-3-5-8;2*1-2;/h3-15H,1-2H3,(H,28,32)(H,29,33)(H,34,35);3-8,22H,1-2H3,(H,19,23)(H,20,24)(H,25,26);1-7H,(H,10,11);2*1-2H3;1H2/b11-8+;;7-6+;;;. The van der Waals surface area contributed by atoms with E-state index in [1.807, 2.05) is 88.4 Å². The third kappa shape index (κ3) is 20.8. The van der Waals surface area contributed by atoms with Gasteiger partial charge in [-0.3, -0.25) is 28.8 Å². The molecule has 80 heavy (non-hydrogen) atoms. The zero-order valence-corrected chi connectivity index (χ0v) is 44.6. The zero-order chi connectivity index (χ0) is 59.2. The largest absolute Gasteiger partial charge is 0.508 e. The van der Waals surface area contributed by atoms with Gasteiger partial charge in [0.2, 0.25) is 0 Å². The van der Waals surface area contributed by atoms with Gasteiger partial charge in [0.25, 0.3) is 36.6 Å². The lowest BCUT2D eigenvalue weighted by Gasteiger charge is -2.13. The number of phenolic OH excluding ortho intramolecular Hbond substituents is 1. The summed E-state index contributed by atoms with van der Waals surface area (Å²) < 4.78 is 14.9. The number of hydrogen-bond acceptors (Lipinski definition) is 14. The summed E-state index contributed by atoms with van der Waals surface area (Å²) in [7, 11) is 2.64. The van der Waals surface area contributed by atoms with Crippen molar-refractivity contribution in [2.45, 2.75) is 41.5 Å². The first kappa shape index (κ1) is 67.3. The minimum Gasteiger partial charge on any atom is -0.508 e. The average molecular weight is 1100 g/mol. The number of carboxylic acid groups (broad SMARTS) is 3. The summed E-state index contributed by atoms with van der Waals surface area (Å²) in [6.45, 7) is 11.4. The number of carbonyl (C=O) groups excluding carboxylic acids is 7. The Balaban J connectivity index is 0.000000648. The number of phenols is 1. The molecule has 0 aliphatic heterocycles. The van der Waals surface area contributed by atoms with Crippen molar-refractivity contribution in [1.82, 2.24) is 10.6 Å². The fraction of sp³-hybridized carbons (Fsp3) is 0.138. The summed E-state index contributed by atoms with van der Waals surface area (Å²) in [5.74, 6) is -7.67. The van der Waals surface area contributed by atoms with Crippen molar-refractivity contribution in [3.05, 3.63) is 189 Å². The number of esters is 1. The van der Waals surface area contributed by atoms with Crippen LogP contribution >= 0.6 is 0 Å². The van der Waals surface area contributed by atoms with Gasteiger partial charge in [-0.2, -0.15) is 0 Å². The highest BCUT2D eigenvalue weighted by Crippen LogP contribution is 2.29. The van der Waals surface area contributed by atoms with E-state index < -0.39 is 58.6 Å². The van der Waals surface area contributed by atoms with Gasteiger partial charge in [0, 0.05) is 37.6 Å². The molecule has 0 aliphatic carbocycles. The van der Waals surface area contributed by atoms with Gasteiger partial charge in [0.05, 0.1) is 33.4 Å². The third-order valence-corrected chi connectivity index (χ3v) is 10.0. The summed E-state index contributed by atoms with van der Waals surface area (Å²) in [4.78, 5) is 117. The second-order valence-corrected chi connectivity index (χ2v) is 15.1. The second kappa shape index (κ2) is 34.8. The number of carboxylic acids is 3. The molecule has 10 N–H and O–H groups in total. The molecule has 420 valence electrons. The van der Waals surface area contributed by atoms with Gasteiger partial charge in [0.15, 0.2) is 0 Å². The predicted molar refractivity (Wildman–Crippen MR) is 297 cm³/mol. The Bertz CT molecular complexity index is 3210. The number of benzene rings is 6. The molecule has 0 spiro atoms. The lowest BCUT2D eigenvalue weighted by atomic mass is 10.0. The Morgan fingerprint density at radius 3 is 1.23 bits per heavy atom. The Labute approximate surface area is 459 Å². The molecule has 0 fully saturated rings. The number of hydrogen-bond donors (Lipinski definition) is 8. The molecule has 0 aliphatic rings. The monoisotopic (exact) mass is 1100 g/mol. The Morgan fingerprint density at radius 2 is 0.863 bits per heavy atom. The van der Waals surface area contributed by atoms with Crippen LogP contribution in [0.5, 0.6) is 23.0 Å². The van der Waals surface area contributed by atoms with Gasteiger partial charge in [-0.25, -0.2) is 19.2 Å². The number of rotatable bonds is 17. The minimum absolute atomic E-state index is 0. The minimum atomic E-state index is -1.46. The fourth-order valence-corrected chi connectivity index (χ4v) is 6.39. The van der Waals surface area contributed by atoms with Gasteiger partial charge in [0.1, 0.15) is 23.0 Å². The molecular weight excluding hydrogens is 1040 g/mol. The molecule has 0 atom stereocenters. The van der Waals surface area contributed by atoms with E-state index in [1.165, 1.54) is 56.6 Å². The SMILES string of the molecule is CC.CC.CNC(=O)c1cc(C(=O)O)c(C(=O)Nc2ccc(O)c(C)c2)cc1OC=O.CNC(=O)c1cc(C(=O)O)c(C(=O)Nc2ccc(OC(=O)/C=C/c3ccccc3)c(C)c2)cc1OC=O.O.O=C(O)/C=C/c1ccccc1. The van der Waals surface area contributed by atoms with Gasteiger partial charge >= 0.3 is 23.9 Å². The van der Waals surface area contributed by atoms with Crippen molar-refractivity contribution in [3.63, 3.8) is 0 Å². The third-order valence-electron chi connectivity index (χ3n) is 10.0. The average Bonchev–Trinajstić information content (AvgIpc) is 3.46. The number of aryl methyl sites for hydroxylation is 2. The highest BCUT2D eigenvalue weighted by Gasteiger charge is 2.26. The maximum absolute atomic E-state index is 12.9. The lowest BCUT2D eigenvalue weighted by Crippen LogP contribution is -2.22. The maximum atomic E-state index is 12.9. The van der Waals surface area contributed by atoms with Crippen LogP contribution in [0.25, 0.3) is 12.2 Å². The van der Waals surface area contributed by atoms with Crippen LogP contribution in [0.3, 0.4) is 0 Å². The van der Waals surface area contributed by atoms with Crippen molar-refractivity contribution in [2.75, 3.05) is 24.7 Å². The molecule has 0 saturated heterocycles. The molecule has 22 heteroatoms. The van der Waals surface area contributed by atoms with Crippen molar-refractivity contribution in [2.24, 2.45) is 0 Å². The Kier molecular flexibility index (Phi) is 29.2. The normalized spacial score (nSPS) is 9.75. The van der Waals surface area contributed by atoms with Crippen LogP contribution in [0.1, 0.15) is 112 Å². The van der Waals surface area contributed by atoms with E-state index in [0.717, 1.165) is 41.5 Å². The quantitative estimate of drug-likeness (QED) is 0.0141. The number of anilines is 2. The molecule has 0 aromatic heterocycles. The summed E-state index contributed by atoms with van der Waals surface area (Å²) >= 11 is 0. The van der Waals surface area contributed by atoms with Crippen LogP contribution < -0.4 is 35.5 Å². The molecule has 0 radical (unpaired) electrons. The van der Waals surface area contributed by atoms with E-state index >= 15 is 0 Å². The summed E-state index contributed by atoms with van der Waals surface area (Å²) in [5, 5.41) is 46.5. The van der Waals surface area contributed by atoms with Crippen molar-refractivity contribution in [3.8, 4) is 23.0 Å². The molecule has 0 heterocycles. The first-order valence-electron chi connectivity index (χ1n) is 23.7. The second-order valence-electron chi connectivity index (χ2n) is 15.1. The molecular formula is C58H60N4O18. The Hall–Kier alpha value is -10.7. The van der Waals surface area contributed by atoms with E-state index in [-0.39, 0.29) is 69.4 Å². The fourth-order valence-electron chi connectivity index (χ4n) is 6.39. The zero-order valence-electron chi connectivity index (χ0n) is 44.6. The van der Waals surface area contributed by atoms with Gasteiger partial charge in [-0.15, -0.1) is 0 Å². The van der Waals surface area contributed by atoms with Gasteiger partial charge in [-0.1, -0.05) is 88.4 Å². The van der Waals surface area contributed by atoms with Crippen molar-refractivity contribution >= 4 is 84.0 Å². The number of aliphatic carboxylic acids is 1. The van der Waals surface area contributed by atoms with Crippen LogP contribution in [0.15, 0.2) is 133 Å². The van der Waals surface area contributed by atoms with Crippen LogP contribution in [0.2, 0.25) is 0 Å². The highest BCUT2D eigenvalue weighted by atomic mass is 16.5. The number of aromatic carboxylic acids is 2.